The van der Waals surface area contributed by atoms with E-state index in [2.05, 4.69) is 10.0 Å². The first kappa shape index (κ1) is 29.1. The van der Waals surface area contributed by atoms with Gasteiger partial charge in [0, 0.05) is 0 Å². The van der Waals surface area contributed by atoms with Gasteiger partial charge in [0.25, 0.3) is 0 Å². The summed E-state index contributed by atoms with van der Waals surface area (Å²) in [6, 6.07) is 15.2. The standard InChI is InChI=1S/C26H36N2O5S.ClH/c29-26(30)25(28-34(31,32)19-15-21-6-2-1-3-7-21)20-23-9-11-24(12-10-23)33-18-5-4-8-22-13-16-27-17-14-22;/h1-3,6-7,9-12,22,25,27-28H,4-5,8,13-20H2,(H,29,30);1H. The Balaban J connectivity index is 0.00000432. The fourth-order valence-corrected chi connectivity index (χ4v) is 5.44. The van der Waals surface area contributed by atoms with Crippen LogP contribution in [0.1, 0.15) is 43.2 Å². The quantitative estimate of drug-likeness (QED) is 0.324. The van der Waals surface area contributed by atoms with Gasteiger partial charge in [-0.1, -0.05) is 48.9 Å². The second-order valence-corrected chi connectivity index (χ2v) is 10.8. The van der Waals surface area contributed by atoms with Crippen molar-refractivity contribution in [2.75, 3.05) is 25.4 Å². The lowest BCUT2D eigenvalue weighted by Crippen LogP contribution is -2.43. The lowest BCUT2D eigenvalue weighted by molar-refractivity contribution is -0.138. The molecule has 9 heteroatoms. The molecule has 0 spiro atoms. The predicted molar refractivity (Wildman–Crippen MR) is 141 cm³/mol. The molecule has 3 N–H and O–H groups in total. The van der Waals surface area contributed by atoms with Gasteiger partial charge < -0.3 is 15.2 Å². The molecule has 1 fully saturated rings. The number of unbranched alkanes of at least 4 members (excludes halogenated alkanes) is 1. The first-order chi connectivity index (χ1) is 16.4. The van der Waals surface area contributed by atoms with Gasteiger partial charge in [0.2, 0.25) is 10.0 Å². The number of ether oxygens (including phenoxy) is 1. The molecule has 35 heavy (non-hydrogen) atoms. The Morgan fingerprint density at radius 3 is 2.37 bits per heavy atom. The molecular formula is C26H37ClN2O5S. The van der Waals surface area contributed by atoms with Crippen LogP contribution < -0.4 is 14.8 Å². The average Bonchev–Trinajstić information content (AvgIpc) is 2.84. The van der Waals surface area contributed by atoms with Crippen LogP contribution in [0.3, 0.4) is 0 Å². The van der Waals surface area contributed by atoms with E-state index in [-0.39, 0.29) is 24.6 Å². The summed E-state index contributed by atoms with van der Waals surface area (Å²) in [5.41, 5.74) is 1.62. The summed E-state index contributed by atoms with van der Waals surface area (Å²) < 4.78 is 33.0. The molecule has 0 aromatic heterocycles. The van der Waals surface area contributed by atoms with Gasteiger partial charge in [0.15, 0.2) is 0 Å². The number of benzene rings is 2. The zero-order chi connectivity index (χ0) is 24.2. The Hall–Kier alpha value is -2.13. The molecule has 0 aliphatic carbocycles. The van der Waals surface area contributed by atoms with E-state index in [1.165, 1.54) is 19.3 Å². The highest BCUT2D eigenvalue weighted by molar-refractivity contribution is 7.89. The topological polar surface area (TPSA) is 105 Å². The number of carboxylic acid groups (broad SMARTS) is 1. The van der Waals surface area contributed by atoms with Crippen molar-refractivity contribution in [2.45, 2.75) is 51.0 Å². The van der Waals surface area contributed by atoms with Gasteiger partial charge >= 0.3 is 5.97 Å². The van der Waals surface area contributed by atoms with E-state index in [1.807, 2.05) is 42.5 Å². The van der Waals surface area contributed by atoms with E-state index in [1.54, 1.807) is 12.1 Å². The van der Waals surface area contributed by atoms with Crippen molar-refractivity contribution in [3.05, 3.63) is 65.7 Å². The molecule has 3 rings (SSSR count). The maximum atomic E-state index is 12.4. The second kappa shape index (κ2) is 15.1. The van der Waals surface area contributed by atoms with E-state index in [4.69, 9.17) is 4.74 Å². The number of piperidine rings is 1. The van der Waals surface area contributed by atoms with Crippen LogP contribution >= 0.6 is 12.4 Å². The maximum Gasteiger partial charge on any atom is 0.322 e. The minimum absolute atomic E-state index is 0. The molecule has 7 nitrogen and oxygen atoms in total. The average molecular weight is 525 g/mol. The van der Waals surface area contributed by atoms with Crippen LogP contribution in [0.5, 0.6) is 5.75 Å². The monoisotopic (exact) mass is 524 g/mol. The number of hydrogen-bond donors (Lipinski definition) is 3. The van der Waals surface area contributed by atoms with Crippen LogP contribution in [0.25, 0.3) is 0 Å². The lowest BCUT2D eigenvalue weighted by atomic mass is 9.93. The van der Waals surface area contributed by atoms with Crippen LogP contribution in [-0.4, -0.2) is 51.0 Å². The molecule has 194 valence electrons. The fraction of sp³-hybridized carbons (Fsp3) is 0.500. The Morgan fingerprint density at radius 1 is 1.03 bits per heavy atom. The summed E-state index contributed by atoms with van der Waals surface area (Å²) >= 11 is 0. The van der Waals surface area contributed by atoms with Gasteiger partial charge in [-0.15, -0.1) is 12.4 Å². The number of carboxylic acids is 1. The minimum Gasteiger partial charge on any atom is -0.494 e. The number of rotatable bonds is 14. The van der Waals surface area contributed by atoms with Crippen molar-refractivity contribution < 1.29 is 23.1 Å². The van der Waals surface area contributed by atoms with Gasteiger partial charge in [0.05, 0.1) is 12.4 Å². The summed E-state index contributed by atoms with van der Waals surface area (Å²) in [5, 5.41) is 12.9. The normalized spacial score (nSPS) is 15.2. The third-order valence-electron chi connectivity index (χ3n) is 6.22. The zero-order valence-electron chi connectivity index (χ0n) is 20.0. The molecule has 1 aliphatic heterocycles. The molecule has 1 heterocycles. The van der Waals surface area contributed by atoms with Crippen LogP contribution in [-0.2, 0) is 27.7 Å². The number of nitrogens with one attached hydrogen (secondary N) is 2. The molecule has 1 aliphatic rings. The van der Waals surface area contributed by atoms with Crippen LogP contribution in [0.2, 0.25) is 0 Å². The first-order valence-electron chi connectivity index (χ1n) is 12.1. The van der Waals surface area contributed by atoms with E-state index in [0.717, 1.165) is 48.7 Å². The first-order valence-corrected chi connectivity index (χ1v) is 13.8. The summed E-state index contributed by atoms with van der Waals surface area (Å²) in [6.45, 7) is 2.92. The van der Waals surface area contributed by atoms with Gasteiger partial charge in [-0.2, -0.15) is 0 Å². The summed E-state index contributed by atoms with van der Waals surface area (Å²) in [6.07, 6.45) is 6.35. The molecule has 2 aromatic rings. The van der Waals surface area contributed by atoms with Crippen molar-refractivity contribution in [1.82, 2.24) is 10.0 Å². The number of carbonyl (C=O) groups is 1. The highest BCUT2D eigenvalue weighted by Gasteiger charge is 2.24. The van der Waals surface area contributed by atoms with Crippen molar-refractivity contribution >= 4 is 28.4 Å². The number of hydrogen-bond acceptors (Lipinski definition) is 5. The molecule has 1 saturated heterocycles. The van der Waals surface area contributed by atoms with Crippen molar-refractivity contribution in [3.8, 4) is 5.75 Å². The Kier molecular flexibility index (Phi) is 12.5. The lowest BCUT2D eigenvalue weighted by Gasteiger charge is -2.22. The number of sulfonamides is 1. The number of aryl methyl sites for hydroxylation is 1. The van der Waals surface area contributed by atoms with E-state index < -0.39 is 22.0 Å². The fourth-order valence-electron chi connectivity index (χ4n) is 4.20. The zero-order valence-corrected chi connectivity index (χ0v) is 21.7. The Labute approximate surface area is 215 Å². The second-order valence-electron chi connectivity index (χ2n) is 8.95. The number of halogens is 1. The SMILES string of the molecule is Cl.O=C(O)C(Cc1ccc(OCCCCC2CCNCC2)cc1)NS(=O)(=O)CCc1ccccc1. The maximum absolute atomic E-state index is 12.4. The number of aliphatic carboxylic acids is 1. The van der Waals surface area contributed by atoms with Crippen LogP contribution in [0.15, 0.2) is 54.6 Å². The molecule has 2 aromatic carbocycles. The largest absolute Gasteiger partial charge is 0.494 e. The van der Waals surface area contributed by atoms with Crippen molar-refractivity contribution in [2.24, 2.45) is 5.92 Å². The molecular weight excluding hydrogens is 488 g/mol. The highest BCUT2D eigenvalue weighted by atomic mass is 35.5. The van der Waals surface area contributed by atoms with Crippen LogP contribution in [0.4, 0.5) is 0 Å². The van der Waals surface area contributed by atoms with E-state index >= 15 is 0 Å². The highest BCUT2D eigenvalue weighted by Crippen LogP contribution is 2.19. The van der Waals surface area contributed by atoms with E-state index in [0.29, 0.717) is 13.0 Å². The summed E-state index contributed by atoms with van der Waals surface area (Å²) in [5.74, 6) is 0.211. The third kappa shape index (κ3) is 11.0. The molecule has 0 saturated carbocycles. The van der Waals surface area contributed by atoms with Gasteiger partial charge in [0.1, 0.15) is 11.8 Å². The van der Waals surface area contributed by atoms with Gasteiger partial charge in [-0.3, -0.25) is 4.79 Å². The van der Waals surface area contributed by atoms with Crippen molar-refractivity contribution in [3.63, 3.8) is 0 Å². The Bertz CT molecular complexity index is 981. The minimum atomic E-state index is -3.74. The molecule has 1 unspecified atom stereocenters. The predicted octanol–water partition coefficient (Wildman–Crippen LogP) is 3.81. The molecule has 1 atom stereocenters. The molecule has 0 bridgehead atoms. The summed E-state index contributed by atoms with van der Waals surface area (Å²) in [4.78, 5) is 11.7. The summed E-state index contributed by atoms with van der Waals surface area (Å²) in [7, 11) is -3.74. The molecule has 0 radical (unpaired) electrons. The smallest absolute Gasteiger partial charge is 0.322 e. The van der Waals surface area contributed by atoms with Gasteiger partial charge in [-0.25, -0.2) is 13.1 Å². The van der Waals surface area contributed by atoms with Crippen molar-refractivity contribution in [1.29, 1.82) is 0 Å². The van der Waals surface area contributed by atoms with Crippen LogP contribution in [0, 0.1) is 5.92 Å². The molecule has 0 amide bonds. The van der Waals surface area contributed by atoms with Gasteiger partial charge in [-0.05, 0) is 80.8 Å². The third-order valence-corrected chi connectivity index (χ3v) is 7.60. The Morgan fingerprint density at radius 2 is 1.71 bits per heavy atom. The van der Waals surface area contributed by atoms with E-state index in [9.17, 15) is 18.3 Å².